The van der Waals surface area contributed by atoms with Crippen LogP contribution in [0.5, 0.6) is 5.75 Å². The Balaban J connectivity index is 1.74. The fourth-order valence-corrected chi connectivity index (χ4v) is 2.62. The van der Waals surface area contributed by atoms with Crippen LogP contribution in [0.4, 0.5) is 0 Å². The van der Waals surface area contributed by atoms with Gasteiger partial charge in [0.2, 0.25) is 11.8 Å². The first kappa shape index (κ1) is 20.6. The van der Waals surface area contributed by atoms with E-state index in [9.17, 15) is 9.59 Å². The minimum atomic E-state index is -0.553. The summed E-state index contributed by atoms with van der Waals surface area (Å²) in [5.74, 6) is 1.40. The number of benzene rings is 1. The Hall–Kier alpha value is -2.76. The van der Waals surface area contributed by atoms with Crippen molar-refractivity contribution in [3.8, 4) is 5.75 Å². The molecule has 1 heterocycles. The predicted octanol–water partition coefficient (Wildman–Crippen LogP) is 3.29. The Morgan fingerprint density at radius 3 is 2.56 bits per heavy atom. The summed E-state index contributed by atoms with van der Waals surface area (Å²) in [5.41, 5.74) is 0. The first-order valence-electron chi connectivity index (χ1n) is 9.32. The smallest absolute Gasteiger partial charge is 0.242 e. The van der Waals surface area contributed by atoms with Crippen molar-refractivity contribution in [2.45, 2.75) is 45.7 Å². The number of furan rings is 1. The lowest BCUT2D eigenvalue weighted by Gasteiger charge is -2.20. The number of hydrogen-bond donors (Lipinski definition) is 2. The Bertz CT molecular complexity index is 683. The van der Waals surface area contributed by atoms with Gasteiger partial charge in [0, 0.05) is 6.42 Å². The normalized spacial score (nSPS) is 11.8. The number of carbonyl (C=O) groups is 2. The van der Waals surface area contributed by atoms with Crippen LogP contribution < -0.4 is 15.4 Å². The molecular formula is C21H28N2O4. The lowest BCUT2D eigenvalue weighted by atomic mass is 10.0. The number of nitrogens with one attached hydrogen (secondary N) is 2. The molecule has 27 heavy (non-hydrogen) atoms. The van der Waals surface area contributed by atoms with Crippen molar-refractivity contribution < 1.29 is 18.7 Å². The van der Waals surface area contributed by atoms with Crippen molar-refractivity contribution in [1.82, 2.24) is 10.6 Å². The first-order valence-corrected chi connectivity index (χ1v) is 9.32. The minimum absolute atomic E-state index is 0.148. The van der Waals surface area contributed by atoms with E-state index in [0.29, 0.717) is 38.2 Å². The van der Waals surface area contributed by atoms with Crippen molar-refractivity contribution in [1.29, 1.82) is 0 Å². The van der Waals surface area contributed by atoms with Gasteiger partial charge in [0.25, 0.3) is 0 Å². The summed E-state index contributed by atoms with van der Waals surface area (Å²) in [6.45, 7) is 4.80. The topological polar surface area (TPSA) is 80.6 Å². The van der Waals surface area contributed by atoms with Gasteiger partial charge < -0.3 is 19.8 Å². The van der Waals surface area contributed by atoms with Crippen molar-refractivity contribution >= 4 is 11.8 Å². The molecular weight excluding hydrogens is 344 g/mol. The van der Waals surface area contributed by atoms with E-state index in [1.54, 1.807) is 18.4 Å². The summed E-state index contributed by atoms with van der Waals surface area (Å²) in [7, 11) is 0. The second-order valence-corrected chi connectivity index (χ2v) is 6.81. The van der Waals surface area contributed by atoms with Crippen LogP contribution in [0.3, 0.4) is 0 Å². The number of ether oxygens (including phenoxy) is 1. The Morgan fingerprint density at radius 2 is 1.89 bits per heavy atom. The second kappa shape index (κ2) is 11.1. The summed E-state index contributed by atoms with van der Waals surface area (Å²) < 4.78 is 10.8. The molecule has 1 aromatic heterocycles. The van der Waals surface area contributed by atoms with E-state index in [1.165, 1.54) is 0 Å². The van der Waals surface area contributed by atoms with Crippen LogP contribution in [-0.4, -0.2) is 24.5 Å². The van der Waals surface area contributed by atoms with Crippen LogP contribution in [0.1, 0.15) is 38.9 Å². The number of carbonyl (C=O) groups excluding carboxylic acids is 2. The van der Waals surface area contributed by atoms with Gasteiger partial charge in [-0.2, -0.15) is 0 Å². The van der Waals surface area contributed by atoms with E-state index < -0.39 is 6.04 Å². The summed E-state index contributed by atoms with van der Waals surface area (Å²) in [5, 5.41) is 5.65. The Kier molecular flexibility index (Phi) is 8.42. The third kappa shape index (κ3) is 7.98. The zero-order valence-corrected chi connectivity index (χ0v) is 15.9. The number of hydrogen-bond acceptors (Lipinski definition) is 4. The molecule has 0 aliphatic carbocycles. The fraction of sp³-hybridized carbons (Fsp3) is 0.429. The summed E-state index contributed by atoms with van der Waals surface area (Å²) >= 11 is 0. The predicted molar refractivity (Wildman–Crippen MR) is 103 cm³/mol. The van der Waals surface area contributed by atoms with Gasteiger partial charge in [0.15, 0.2) is 0 Å². The molecule has 0 fully saturated rings. The van der Waals surface area contributed by atoms with Crippen molar-refractivity contribution in [2.75, 3.05) is 6.61 Å². The van der Waals surface area contributed by atoms with Crippen LogP contribution in [0.15, 0.2) is 53.1 Å². The second-order valence-electron chi connectivity index (χ2n) is 6.81. The van der Waals surface area contributed by atoms with E-state index in [1.807, 2.05) is 44.2 Å². The van der Waals surface area contributed by atoms with Gasteiger partial charge in [-0.05, 0) is 43.0 Å². The van der Waals surface area contributed by atoms with Gasteiger partial charge in [-0.3, -0.25) is 9.59 Å². The average molecular weight is 372 g/mol. The number of para-hydroxylation sites is 1. The third-order valence-corrected chi connectivity index (χ3v) is 3.94. The monoisotopic (exact) mass is 372 g/mol. The van der Waals surface area contributed by atoms with Crippen LogP contribution >= 0.6 is 0 Å². The molecule has 0 saturated carbocycles. The highest BCUT2D eigenvalue weighted by Crippen LogP contribution is 2.10. The maximum atomic E-state index is 12.4. The van der Waals surface area contributed by atoms with Crippen LogP contribution in [0, 0.1) is 5.92 Å². The van der Waals surface area contributed by atoms with Gasteiger partial charge in [0.1, 0.15) is 17.6 Å². The van der Waals surface area contributed by atoms with E-state index >= 15 is 0 Å². The lowest BCUT2D eigenvalue weighted by molar-refractivity contribution is -0.129. The van der Waals surface area contributed by atoms with E-state index in [0.717, 1.165) is 5.75 Å². The quantitative estimate of drug-likeness (QED) is 0.593. The number of amides is 2. The lowest BCUT2D eigenvalue weighted by Crippen LogP contribution is -2.47. The first-order chi connectivity index (χ1) is 13.0. The summed E-state index contributed by atoms with van der Waals surface area (Å²) in [6, 6.07) is 12.5. The highest BCUT2D eigenvalue weighted by atomic mass is 16.5. The summed E-state index contributed by atoms with van der Waals surface area (Å²) in [4.78, 5) is 24.7. The van der Waals surface area contributed by atoms with Gasteiger partial charge in [-0.15, -0.1) is 0 Å². The number of rotatable bonds is 11. The minimum Gasteiger partial charge on any atom is -0.494 e. The zero-order valence-electron chi connectivity index (χ0n) is 15.9. The molecule has 1 aromatic carbocycles. The molecule has 6 nitrogen and oxygen atoms in total. The molecule has 2 N–H and O–H groups in total. The zero-order chi connectivity index (χ0) is 19.5. The van der Waals surface area contributed by atoms with Crippen molar-refractivity contribution in [3.63, 3.8) is 0 Å². The Morgan fingerprint density at radius 1 is 1.11 bits per heavy atom. The highest BCUT2D eigenvalue weighted by molar-refractivity contribution is 5.87. The van der Waals surface area contributed by atoms with E-state index in [-0.39, 0.29) is 17.7 Å². The molecule has 146 valence electrons. The molecule has 0 aliphatic rings. The fourth-order valence-electron chi connectivity index (χ4n) is 2.62. The average Bonchev–Trinajstić information content (AvgIpc) is 3.17. The van der Waals surface area contributed by atoms with Crippen LogP contribution in [-0.2, 0) is 16.1 Å². The maximum Gasteiger partial charge on any atom is 0.242 e. The molecule has 2 aromatic rings. The molecule has 2 amide bonds. The van der Waals surface area contributed by atoms with E-state index in [2.05, 4.69) is 10.6 Å². The third-order valence-electron chi connectivity index (χ3n) is 3.94. The standard InChI is InChI=1S/C21H28N2O4/c1-16(2)14-19(21(25)22-15-18-10-6-12-27-18)23-20(24)11-7-13-26-17-8-4-3-5-9-17/h3-6,8-10,12,16,19H,7,11,13-15H2,1-2H3,(H,22,25)(H,23,24)/t19-/m0/s1. The largest absolute Gasteiger partial charge is 0.494 e. The molecule has 2 rings (SSSR count). The molecule has 1 atom stereocenters. The molecule has 0 unspecified atom stereocenters. The molecule has 0 radical (unpaired) electrons. The molecule has 0 bridgehead atoms. The van der Waals surface area contributed by atoms with Gasteiger partial charge >= 0.3 is 0 Å². The Labute approximate surface area is 160 Å². The molecule has 0 aliphatic heterocycles. The van der Waals surface area contributed by atoms with Crippen molar-refractivity contribution in [2.24, 2.45) is 5.92 Å². The van der Waals surface area contributed by atoms with Crippen molar-refractivity contribution in [3.05, 3.63) is 54.5 Å². The summed E-state index contributed by atoms with van der Waals surface area (Å²) in [6.07, 6.45) is 3.04. The maximum absolute atomic E-state index is 12.4. The molecule has 0 saturated heterocycles. The molecule has 0 spiro atoms. The van der Waals surface area contributed by atoms with Gasteiger partial charge in [0.05, 0.1) is 19.4 Å². The van der Waals surface area contributed by atoms with Gasteiger partial charge in [-0.25, -0.2) is 0 Å². The van der Waals surface area contributed by atoms with Gasteiger partial charge in [-0.1, -0.05) is 32.0 Å². The highest BCUT2D eigenvalue weighted by Gasteiger charge is 2.21. The van der Waals surface area contributed by atoms with Crippen LogP contribution in [0.25, 0.3) is 0 Å². The van der Waals surface area contributed by atoms with E-state index in [4.69, 9.17) is 9.15 Å². The SMILES string of the molecule is CC(C)C[C@H](NC(=O)CCCOc1ccccc1)C(=O)NCc1ccco1. The molecule has 6 heteroatoms. The van der Waals surface area contributed by atoms with Crippen LogP contribution in [0.2, 0.25) is 0 Å².